The molecule has 1 atom stereocenters. The SMILES string of the molecule is CC(C)CNC(=O)n1ncc2cc(C(O)(c3cn(C)c4ccccc34)C(F)(F)F)ccc21. The second-order valence-corrected chi connectivity index (χ2v) is 8.29. The van der Waals surface area contributed by atoms with Gasteiger partial charge in [0, 0.05) is 41.6 Å². The molecule has 1 unspecified atom stereocenters. The van der Waals surface area contributed by atoms with Crippen LogP contribution in [0.15, 0.2) is 54.9 Å². The number of carbonyl (C=O) groups is 1. The van der Waals surface area contributed by atoms with Gasteiger partial charge in [-0.2, -0.15) is 23.0 Å². The van der Waals surface area contributed by atoms with Crippen LogP contribution in [0, 0.1) is 5.92 Å². The molecule has 4 aromatic rings. The predicted octanol–water partition coefficient (Wildman–Crippen LogP) is 4.54. The zero-order valence-corrected chi connectivity index (χ0v) is 17.8. The third-order valence-electron chi connectivity index (χ3n) is 5.54. The van der Waals surface area contributed by atoms with E-state index in [4.69, 9.17) is 0 Å². The zero-order valence-electron chi connectivity index (χ0n) is 17.8. The van der Waals surface area contributed by atoms with Gasteiger partial charge in [-0.1, -0.05) is 38.1 Å². The second kappa shape index (κ2) is 7.67. The number of hydrogen-bond donors (Lipinski definition) is 2. The first kappa shape index (κ1) is 21.9. The van der Waals surface area contributed by atoms with Crippen molar-refractivity contribution in [2.45, 2.75) is 25.6 Å². The lowest BCUT2D eigenvalue weighted by Gasteiger charge is -2.31. The van der Waals surface area contributed by atoms with Crippen LogP contribution in [0.3, 0.4) is 0 Å². The lowest BCUT2D eigenvalue weighted by atomic mass is 9.85. The van der Waals surface area contributed by atoms with Crippen LogP contribution in [-0.4, -0.2) is 38.2 Å². The number of nitrogens with zero attached hydrogens (tertiary/aromatic N) is 3. The molecule has 0 saturated heterocycles. The van der Waals surface area contributed by atoms with Gasteiger partial charge < -0.3 is 15.0 Å². The molecule has 168 valence electrons. The Bertz CT molecular complexity index is 1310. The number of aromatic nitrogens is 3. The number of amides is 1. The summed E-state index contributed by atoms with van der Waals surface area (Å²) < 4.78 is 45.8. The minimum Gasteiger partial charge on any atom is -0.372 e. The molecule has 0 aliphatic rings. The molecule has 6 nitrogen and oxygen atoms in total. The van der Waals surface area contributed by atoms with Crippen molar-refractivity contribution in [1.82, 2.24) is 19.7 Å². The van der Waals surface area contributed by atoms with Crippen molar-refractivity contribution >= 4 is 27.8 Å². The number of hydrogen-bond acceptors (Lipinski definition) is 3. The summed E-state index contributed by atoms with van der Waals surface area (Å²) >= 11 is 0. The Morgan fingerprint density at radius 3 is 2.56 bits per heavy atom. The third-order valence-corrected chi connectivity index (χ3v) is 5.54. The molecule has 2 heterocycles. The van der Waals surface area contributed by atoms with Crippen molar-refractivity contribution in [3.63, 3.8) is 0 Å². The molecular formula is C23H23F3N4O2. The highest BCUT2D eigenvalue weighted by Gasteiger charge is 2.57. The molecule has 0 spiro atoms. The van der Waals surface area contributed by atoms with Crippen LogP contribution in [0.25, 0.3) is 21.8 Å². The van der Waals surface area contributed by atoms with Crippen LogP contribution in [-0.2, 0) is 12.6 Å². The summed E-state index contributed by atoms with van der Waals surface area (Å²) in [5, 5.41) is 18.5. The van der Waals surface area contributed by atoms with Gasteiger partial charge in [-0.15, -0.1) is 0 Å². The summed E-state index contributed by atoms with van der Waals surface area (Å²) in [7, 11) is 1.63. The Morgan fingerprint density at radius 2 is 1.88 bits per heavy atom. The van der Waals surface area contributed by atoms with Crippen molar-refractivity contribution < 1.29 is 23.1 Å². The largest absolute Gasteiger partial charge is 0.425 e. The van der Waals surface area contributed by atoms with E-state index in [0.717, 1.165) is 4.68 Å². The van der Waals surface area contributed by atoms with E-state index in [0.29, 0.717) is 28.4 Å². The van der Waals surface area contributed by atoms with Crippen molar-refractivity contribution in [3.05, 3.63) is 66.0 Å². The quantitative estimate of drug-likeness (QED) is 0.486. The van der Waals surface area contributed by atoms with Crippen LogP contribution in [0.2, 0.25) is 0 Å². The molecule has 0 aliphatic heterocycles. The van der Waals surface area contributed by atoms with Crippen molar-refractivity contribution in [3.8, 4) is 0 Å². The van der Waals surface area contributed by atoms with E-state index in [1.807, 2.05) is 13.8 Å². The summed E-state index contributed by atoms with van der Waals surface area (Å²) in [5.74, 6) is 0.231. The standard InChI is InChI=1S/C23H23F3N4O2/c1-14(2)11-27-21(31)30-19-9-8-16(10-15(19)12-28-30)22(32,23(24,25)26)18-13-29(3)20-7-5-4-6-17(18)20/h4-10,12-14,32H,11H2,1-3H3,(H,27,31). The first-order valence-electron chi connectivity index (χ1n) is 10.1. The molecule has 32 heavy (non-hydrogen) atoms. The Hall–Kier alpha value is -3.33. The van der Waals surface area contributed by atoms with Gasteiger partial charge >= 0.3 is 12.2 Å². The second-order valence-electron chi connectivity index (χ2n) is 8.29. The van der Waals surface area contributed by atoms with E-state index in [1.54, 1.807) is 35.9 Å². The van der Waals surface area contributed by atoms with Crippen molar-refractivity contribution in [2.75, 3.05) is 6.54 Å². The van der Waals surface area contributed by atoms with Gasteiger partial charge in [-0.05, 0) is 29.7 Å². The highest BCUT2D eigenvalue weighted by Crippen LogP contribution is 2.47. The summed E-state index contributed by atoms with van der Waals surface area (Å²) in [6.07, 6.45) is -2.38. The average Bonchev–Trinajstić information content (AvgIpc) is 3.32. The summed E-state index contributed by atoms with van der Waals surface area (Å²) in [6, 6.07) is 9.91. The molecule has 0 bridgehead atoms. The molecule has 1 amide bonds. The van der Waals surface area contributed by atoms with Gasteiger partial charge in [0.15, 0.2) is 0 Å². The highest BCUT2D eigenvalue weighted by atomic mass is 19.4. The molecule has 2 aromatic heterocycles. The fourth-order valence-corrected chi connectivity index (χ4v) is 3.89. The van der Waals surface area contributed by atoms with Gasteiger partial charge in [-0.25, -0.2) is 4.79 Å². The van der Waals surface area contributed by atoms with Gasteiger partial charge in [0.1, 0.15) is 0 Å². The fourth-order valence-electron chi connectivity index (χ4n) is 3.89. The van der Waals surface area contributed by atoms with E-state index in [-0.39, 0.29) is 17.0 Å². The molecule has 9 heteroatoms. The Labute approximate surface area is 182 Å². The minimum absolute atomic E-state index is 0.231. The number of para-hydroxylation sites is 1. The van der Waals surface area contributed by atoms with Crippen LogP contribution in [0.5, 0.6) is 0 Å². The average molecular weight is 444 g/mol. The molecule has 0 radical (unpaired) electrons. The maximum absolute atomic E-state index is 14.4. The predicted molar refractivity (Wildman–Crippen MR) is 115 cm³/mol. The van der Waals surface area contributed by atoms with E-state index < -0.39 is 17.8 Å². The van der Waals surface area contributed by atoms with Gasteiger partial charge in [0.25, 0.3) is 0 Å². The normalized spacial score (nSPS) is 14.2. The maximum Gasteiger partial charge on any atom is 0.425 e. The molecule has 0 aliphatic carbocycles. The number of fused-ring (bicyclic) bond motifs is 2. The van der Waals surface area contributed by atoms with E-state index >= 15 is 0 Å². The number of halogens is 3. The number of rotatable bonds is 4. The molecule has 4 rings (SSSR count). The first-order valence-corrected chi connectivity index (χ1v) is 10.1. The number of nitrogens with one attached hydrogen (secondary N) is 1. The Balaban J connectivity index is 1.85. The van der Waals surface area contributed by atoms with Crippen LogP contribution in [0.1, 0.15) is 25.0 Å². The molecule has 2 N–H and O–H groups in total. The van der Waals surface area contributed by atoms with E-state index in [2.05, 4.69) is 10.4 Å². The van der Waals surface area contributed by atoms with Crippen LogP contribution in [0.4, 0.5) is 18.0 Å². The van der Waals surface area contributed by atoms with Gasteiger partial charge in [-0.3, -0.25) is 0 Å². The van der Waals surface area contributed by atoms with E-state index in [9.17, 15) is 23.1 Å². The van der Waals surface area contributed by atoms with Crippen LogP contribution < -0.4 is 5.32 Å². The smallest absolute Gasteiger partial charge is 0.372 e. The fraction of sp³-hybridized carbons (Fsp3) is 0.304. The lowest BCUT2D eigenvalue weighted by Crippen LogP contribution is -2.43. The lowest BCUT2D eigenvalue weighted by molar-refractivity contribution is -0.247. The maximum atomic E-state index is 14.4. The zero-order chi connectivity index (χ0) is 23.3. The topological polar surface area (TPSA) is 72.1 Å². The molecule has 0 saturated carbocycles. The van der Waals surface area contributed by atoms with Crippen molar-refractivity contribution in [1.29, 1.82) is 0 Å². The molecule has 0 fully saturated rings. The highest BCUT2D eigenvalue weighted by molar-refractivity contribution is 5.91. The summed E-state index contributed by atoms with van der Waals surface area (Å²) in [5.41, 5.74) is -2.94. The van der Waals surface area contributed by atoms with Crippen molar-refractivity contribution in [2.24, 2.45) is 13.0 Å². The first-order chi connectivity index (χ1) is 15.0. The van der Waals surface area contributed by atoms with Crippen LogP contribution >= 0.6 is 0 Å². The summed E-state index contributed by atoms with van der Waals surface area (Å²) in [4.78, 5) is 12.4. The Kier molecular flexibility index (Phi) is 5.24. The Morgan fingerprint density at radius 1 is 1.16 bits per heavy atom. The number of carbonyl (C=O) groups excluding carboxylic acids is 1. The molecular weight excluding hydrogens is 421 g/mol. The monoisotopic (exact) mass is 444 g/mol. The number of alkyl halides is 3. The van der Waals surface area contributed by atoms with Gasteiger partial charge in [0.2, 0.25) is 5.60 Å². The number of benzene rings is 2. The van der Waals surface area contributed by atoms with Gasteiger partial charge in [0.05, 0.1) is 11.7 Å². The van der Waals surface area contributed by atoms with E-state index in [1.165, 1.54) is 30.6 Å². The minimum atomic E-state index is -4.99. The molecule has 2 aromatic carbocycles. The number of aliphatic hydroxyl groups is 1. The third kappa shape index (κ3) is 3.42. The number of aryl methyl sites for hydroxylation is 1. The summed E-state index contributed by atoms with van der Waals surface area (Å²) in [6.45, 7) is 4.32.